The molecule has 0 spiro atoms. The van der Waals surface area contributed by atoms with E-state index in [0.717, 1.165) is 0 Å². The van der Waals surface area contributed by atoms with E-state index in [1.54, 1.807) is 0 Å². The molecule has 9 heavy (non-hydrogen) atoms. The molecule has 0 saturated heterocycles. The van der Waals surface area contributed by atoms with E-state index in [1.807, 2.05) is 0 Å². The van der Waals surface area contributed by atoms with Gasteiger partial charge in [-0.15, -0.1) is 0 Å². The lowest BCUT2D eigenvalue weighted by atomic mass is 10.6. The predicted octanol–water partition coefficient (Wildman–Crippen LogP) is -0.371. The van der Waals surface area contributed by atoms with Gasteiger partial charge in [-0.1, -0.05) is 6.58 Å². The molecule has 1 N–H and O–H groups in total. The summed E-state index contributed by atoms with van der Waals surface area (Å²) in [7, 11) is -3.79. The lowest BCUT2D eigenvalue weighted by Crippen LogP contribution is -2.13. The molecule has 0 aromatic rings. The highest BCUT2D eigenvalue weighted by molar-refractivity contribution is 8.06. The highest BCUT2D eigenvalue weighted by atomic mass is 32.2. The van der Waals surface area contributed by atoms with Gasteiger partial charge in [0, 0.05) is 6.26 Å². The molecule has 0 aliphatic carbocycles. The van der Waals surface area contributed by atoms with Crippen LogP contribution in [0.15, 0.2) is 12.3 Å². The Morgan fingerprint density at radius 2 is 1.89 bits per heavy atom. The first kappa shape index (κ1) is 8.16. The molecule has 0 bridgehead atoms. The summed E-state index contributed by atoms with van der Waals surface area (Å²) >= 11 is 0. The minimum Gasteiger partial charge on any atom is -0.504 e. The lowest BCUT2D eigenvalue weighted by Gasteiger charge is -1.90. The van der Waals surface area contributed by atoms with Crippen LogP contribution in [0.1, 0.15) is 0 Å². The van der Waals surface area contributed by atoms with Crippen LogP contribution in [-0.2, 0) is 14.6 Å². The minimum atomic E-state index is -3.79. The number of aliphatic hydroxyl groups is 1. The maximum atomic E-state index is 10.2. The highest BCUT2D eigenvalue weighted by Gasteiger charge is 2.17. The quantitative estimate of drug-likeness (QED) is 0.409. The molecule has 0 fully saturated rings. The monoisotopic (exact) mass is 150 g/mol. The van der Waals surface area contributed by atoms with E-state index >= 15 is 0 Å². The molecule has 0 saturated carbocycles. The summed E-state index contributed by atoms with van der Waals surface area (Å²) in [6.07, 6.45) is 0.705. The zero-order valence-corrected chi connectivity index (χ0v) is 5.60. The summed E-state index contributed by atoms with van der Waals surface area (Å²) in [5, 5.41) is 6.90. The lowest BCUT2D eigenvalue weighted by molar-refractivity contribution is -0.110. The Kier molecular flexibility index (Phi) is 1.98. The number of sulfone groups is 1. The summed E-state index contributed by atoms with van der Waals surface area (Å²) in [5.41, 5.74) is 0. The molecule has 0 aliphatic heterocycles. The van der Waals surface area contributed by atoms with Crippen molar-refractivity contribution in [3.63, 3.8) is 0 Å². The summed E-state index contributed by atoms with van der Waals surface area (Å²) < 4.78 is 20.4. The smallest absolute Gasteiger partial charge is 0.309 e. The Hall–Kier alpha value is -0.840. The Morgan fingerprint density at radius 1 is 1.56 bits per heavy atom. The predicted molar refractivity (Wildman–Crippen MR) is 31.6 cm³/mol. The second-order valence-electron chi connectivity index (χ2n) is 1.51. The number of carbonyl (C=O) groups is 1. The molecule has 0 aromatic carbocycles. The average molecular weight is 150 g/mol. The van der Waals surface area contributed by atoms with Gasteiger partial charge in [-0.25, -0.2) is 8.42 Å². The van der Waals surface area contributed by atoms with Crippen molar-refractivity contribution in [3.05, 3.63) is 12.3 Å². The Labute approximate surface area is 52.7 Å². The molecule has 0 unspecified atom stereocenters. The molecule has 0 rings (SSSR count). The maximum absolute atomic E-state index is 10.2. The molecule has 0 amide bonds. The molecule has 5 heteroatoms. The number of hydrogen-bond donors (Lipinski definition) is 1. The summed E-state index contributed by atoms with van der Waals surface area (Å²) in [5.74, 6) is -0.947. The first-order valence-corrected chi connectivity index (χ1v) is 3.87. The zero-order chi connectivity index (χ0) is 7.65. The zero-order valence-electron chi connectivity index (χ0n) is 4.79. The van der Waals surface area contributed by atoms with Crippen molar-refractivity contribution in [1.29, 1.82) is 0 Å². The standard InChI is InChI=1S/C4H6O4S/c1-3(5)4(6)9(2,7)8/h5H,1H2,2H3. The second-order valence-corrected chi connectivity index (χ2v) is 3.42. The van der Waals surface area contributed by atoms with E-state index in [2.05, 4.69) is 6.58 Å². The van der Waals surface area contributed by atoms with Crippen molar-refractivity contribution in [2.45, 2.75) is 0 Å². The van der Waals surface area contributed by atoms with Gasteiger partial charge < -0.3 is 5.11 Å². The molecule has 4 nitrogen and oxygen atoms in total. The average Bonchev–Trinajstić information content (AvgIpc) is 1.62. The maximum Gasteiger partial charge on any atom is 0.309 e. The Balaban J connectivity index is 4.66. The number of aliphatic hydroxyl groups excluding tert-OH is 1. The summed E-state index contributed by atoms with van der Waals surface area (Å²) in [6, 6.07) is 0. The molecule has 0 radical (unpaired) electrons. The van der Waals surface area contributed by atoms with Crippen LogP contribution in [-0.4, -0.2) is 24.9 Å². The number of hydrogen-bond acceptors (Lipinski definition) is 4. The fourth-order valence-electron chi connectivity index (χ4n) is 0.214. The molecule has 0 atom stereocenters. The van der Waals surface area contributed by atoms with Gasteiger partial charge in [0.25, 0.3) is 0 Å². The third kappa shape index (κ3) is 2.27. The first-order chi connectivity index (χ1) is 3.85. The summed E-state index contributed by atoms with van der Waals surface area (Å²) in [6.45, 7) is 2.75. The van der Waals surface area contributed by atoms with Crippen molar-refractivity contribution < 1.29 is 18.3 Å². The fourth-order valence-corrected chi connectivity index (χ4v) is 0.642. The molecular formula is C4H6O4S. The van der Waals surface area contributed by atoms with E-state index in [4.69, 9.17) is 5.11 Å². The SMILES string of the molecule is C=C(O)C(=O)S(C)(=O)=O. The molecular weight excluding hydrogens is 144 g/mol. The van der Waals surface area contributed by atoms with Gasteiger partial charge in [-0.05, 0) is 0 Å². The van der Waals surface area contributed by atoms with Crippen LogP contribution in [0.25, 0.3) is 0 Å². The molecule has 0 aromatic heterocycles. The van der Waals surface area contributed by atoms with Crippen molar-refractivity contribution in [2.24, 2.45) is 0 Å². The van der Waals surface area contributed by atoms with Crippen molar-refractivity contribution in [1.82, 2.24) is 0 Å². The first-order valence-electron chi connectivity index (χ1n) is 1.98. The van der Waals surface area contributed by atoms with E-state index < -0.39 is 20.7 Å². The van der Waals surface area contributed by atoms with Gasteiger partial charge in [0.1, 0.15) is 0 Å². The van der Waals surface area contributed by atoms with Crippen LogP contribution < -0.4 is 0 Å². The van der Waals surface area contributed by atoms with Crippen LogP contribution in [0.2, 0.25) is 0 Å². The normalized spacial score (nSPS) is 10.8. The largest absolute Gasteiger partial charge is 0.504 e. The highest BCUT2D eigenvalue weighted by Crippen LogP contribution is 1.93. The fraction of sp³-hybridized carbons (Fsp3) is 0.250. The van der Waals surface area contributed by atoms with Crippen molar-refractivity contribution >= 4 is 15.0 Å². The van der Waals surface area contributed by atoms with Gasteiger partial charge >= 0.3 is 5.12 Å². The van der Waals surface area contributed by atoms with Crippen molar-refractivity contribution in [2.75, 3.05) is 6.26 Å². The van der Waals surface area contributed by atoms with Crippen molar-refractivity contribution in [3.8, 4) is 0 Å². The molecule has 0 aliphatic rings. The second kappa shape index (κ2) is 2.18. The molecule has 0 heterocycles. The minimum absolute atomic E-state index is 0.705. The van der Waals surface area contributed by atoms with Crippen LogP contribution in [0.3, 0.4) is 0 Å². The van der Waals surface area contributed by atoms with E-state index in [0.29, 0.717) is 6.26 Å². The van der Waals surface area contributed by atoms with E-state index in [1.165, 1.54) is 0 Å². The third-order valence-corrected chi connectivity index (χ3v) is 1.48. The Morgan fingerprint density at radius 3 is 1.89 bits per heavy atom. The van der Waals surface area contributed by atoms with E-state index in [-0.39, 0.29) is 0 Å². The topological polar surface area (TPSA) is 71.4 Å². The number of rotatable bonds is 1. The van der Waals surface area contributed by atoms with Gasteiger partial charge in [-0.2, -0.15) is 0 Å². The van der Waals surface area contributed by atoms with Gasteiger partial charge in [-0.3, -0.25) is 4.79 Å². The van der Waals surface area contributed by atoms with Gasteiger partial charge in [0.2, 0.25) is 9.84 Å². The summed E-state index contributed by atoms with van der Waals surface area (Å²) in [4.78, 5) is 10.2. The van der Waals surface area contributed by atoms with Gasteiger partial charge in [0.05, 0.1) is 0 Å². The van der Waals surface area contributed by atoms with Crippen LogP contribution in [0.4, 0.5) is 0 Å². The Bertz CT molecular complexity index is 235. The van der Waals surface area contributed by atoms with Crippen LogP contribution >= 0.6 is 0 Å². The molecule has 52 valence electrons. The van der Waals surface area contributed by atoms with Crippen LogP contribution in [0, 0.1) is 0 Å². The number of carbonyl (C=O) groups excluding carboxylic acids is 1. The van der Waals surface area contributed by atoms with Gasteiger partial charge in [0.15, 0.2) is 5.76 Å². The van der Waals surface area contributed by atoms with Crippen LogP contribution in [0.5, 0.6) is 0 Å². The third-order valence-electron chi connectivity index (χ3n) is 0.572. The van der Waals surface area contributed by atoms with E-state index in [9.17, 15) is 13.2 Å².